The molecule has 0 aliphatic carbocycles. The first kappa shape index (κ1) is 20.7. The third-order valence-corrected chi connectivity index (χ3v) is 4.22. The Morgan fingerprint density at radius 2 is 2.07 bits per heavy atom. The Balaban J connectivity index is 1.87. The maximum Gasteiger partial charge on any atom is 0.363 e. The number of esters is 2. The number of hydrogen-bond acceptors (Lipinski definition) is 8. The molecule has 0 fully saturated rings. The Morgan fingerprint density at radius 1 is 1.24 bits per heavy atom. The maximum absolute atomic E-state index is 12.1. The van der Waals surface area contributed by atoms with Crippen molar-refractivity contribution in [1.82, 2.24) is 0 Å². The van der Waals surface area contributed by atoms with Crippen molar-refractivity contribution in [2.75, 3.05) is 19.8 Å². The van der Waals surface area contributed by atoms with E-state index in [0.717, 1.165) is 0 Å². The molecule has 2 heterocycles. The van der Waals surface area contributed by atoms with Crippen molar-refractivity contribution in [1.29, 1.82) is 0 Å². The standard InChI is InChI=1S/C20H18BrNO7/c1-3-25-16-10-12(8-13(21)18(16)28-11-17(23)26-4-2)9-14-20(24)29-19(22-14)15-6-5-7-27-15/h5-10H,3-4,11H2,1-2H3/b14-9-. The highest BCUT2D eigenvalue weighted by Crippen LogP contribution is 2.38. The van der Waals surface area contributed by atoms with Gasteiger partial charge in [-0.3, -0.25) is 0 Å². The topological polar surface area (TPSA) is 96.6 Å². The Labute approximate surface area is 175 Å². The summed E-state index contributed by atoms with van der Waals surface area (Å²) < 4.78 is 26.9. The summed E-state index contributed by atoms with van der Waals surface area (Å²) in [6, 6.07) is 6.71. The number of nitrogens with zero attached hydrogens (tertiary/aromatic N) is 1. The molecule has 8 nitrogen and oxygen atoms in total. The van der Waals surface area contributed by atoms with Crippen molar-refractivity contribution in [2.45, 2.75) is 13.8 Å². The summed E-state index contributed by atoms with van der Waals surface area (Å²) in [5, 5.41) is 0. The van der Waals surface area contributed by atoms with E-state index in [-0.39, 0.29) is 24.8 Å². The molecule has 152 valence electrons. The second-order valence-electron chi connectivity index (χ2n) is 5.67. The summed E-state index contributed by atoms with van der Waals surface area (Å²) in [6.07, 6.45) is 3.02. The van der Waals surface area contributed by atoms with Crippen LogP contribution < -0.4 is 9.47 Å². The molecule has 0 bridgehead atoms. The van der Waals surface area contributed by atoms with Crippen molar-refractivity contribution in [2.24, 2.45) is 4.99 Å². The van der Waals surface area contributed by atoms with Gasteiger partial charge >= 0.3 is 11.9 Å². The lowest BCUT2D eigenvalue weighted by atomic mass is 10.1. The highest BCUT2D eigenvalue weighted by molar-refractivity contribution is 9.10. The van der Waals surface area contributed by atoms with E-state index in [2.05, 4.69) is 20.9 Å². The number of benzene rings is 1. The Kier molecular flexibility index (Phi) is 6.71. The molecule has 1 aliphatic rings. The maximum atomic E-state index is 12.1. The van der Waals surface area contributed by atoms with E-state index in [9.17, 15) is 9.59 Å². The van der Waals surface area contributed by atoms with Crippen LogP contribution in [0.4, 0.5) is 0 Å². The van der Waals surface area contributed by atoms with Gasteiger partial charge in [0.1, 0.15) is 0 Å². The zero-order valence-electron chi connectivity index (χ0n) is 15.8. The first-order valence-corrected chi connectivity index (χ1v) is 9.62. The second kappa shape index (κ2) is 9.42. The number of cyclic esters (lactones) is 1. The molecule has 0 spiro atoms. The molecule has 1 aliphatic heterocycles. The molecule has 0 saturated carbocycles. The zero-order chi connectivity index (χ0) is 20.8. The van der Waals surface area contributed by atoms with Gasteiger partial charge in [0.15, 0.2) is 29.6 Å². The molecule has 0 saturated heterocycles. The quantitative estimate of drug-likeness (QED) is 0.434. The third kappa shape index (κ3) is 5.05. The number of halogens is 1. The minimum absolute atomic E-state index is 0.102. The van der Waals surface area contributed by atoms with Crippen LogP contribution in [0.25, 0.3) is 6.08 Å². The zero-order valence-corrected chi connectivity index (χ0v) is 17.4. The van der Waals surface area contributed by atoms with Gasteiger partial charge < -0.3 is 23.4 Å². The summed E-state index contributed by atoms with van der Waals surface area (Å²) in [5.74, 6) is 0.149. The molecule has 9 heteroatoms. The third-order valence-electron chi connectivity index (χ3n) is 3.63. The summed E-state index contributed by atoms with van der Waals surface area (Å²) in [5.41, 5.74) is 0.742. The summed E-state index contributed by atoms with van der Waals surface area (Å²) in [4.78, 5) is 27.9. The van der Waals surface area contributed by atoms with Crippen LogP contribution in [0.3, 0.4) is 0 Å². The Morgan fingerprint density at radius 3 is 2.76 bits per heavy atom. The van der Waals surface area contributed by atoms with E-state index in [0.29, 0.717) is 33.9 Å². The van der Waals surface area contributed by atoms with Crippen LogP contribution in [0.1, 0.15) is 25.2 Å². The number of ether oxygens (including phenoxy) is 4. The number of furan rings is 1. The minimum Gasteiger partial charge on any atom is -0.490 e. The van der Waals surface area contributed by atoms with Crippen molar-refractivity contribution in [3.63, 3.8) is 0 Å². The average Bonchev–Trinajstić information content (AvgIpc) is 3.32. The first-order valence-electron chi connectivity index (χ1n) is 8.83. The molecule has 0 atom stereocenters. The van der Waals surface area contributed by atoms with E-state index >= 15 is 0 Å². The van der Waals surface area contributed by atoms with Crippen molar-refractivity contribution in [3.8, 4) is 11.5 Å². The summed E-state index contributed by atoms with van der Waals surface area (Å²) >= 11 is 3.41. The summed E-state index contributed by atoms with van der Waals surface area (Å²) in [6.45, 7) is 3.93. The van der Waals surface area contributed by atoms with Crippen LogP contribution in [-0.2, 0) is 19.1 Å². The van der Waals surface area contributed by atoms with Crippen LogP contribution in [-0.4, -0.2) is 37.7 Å². The van der Waals surface area contributed by atoms with Crippen molar-refractivity contribution in [3.05, 3.63) is 52.0 Å². The predicted molar refractivity (Wildman–Crippen MR) is 107 cm³/mol. The highest BCUT2D eigenvalue weighted by Gasteiger charge is 2.26. The molecule has 1 aromatic heterocycles. The van der Waals surface area contributed by atoms with E-state index in [1.165, 1.54) is 6.26 Å². The van der Waals surface area contributed by atoms with Gasteiger partial charge in [0.05, 0.1) is 23.9 Å². The molecular formula is C20H18BrNO7. The van der Waals surface area contributed by atoms with Crippen molar-refractivity contribution < 1.29 is 33.0 Å². The summed E-state index contributed by atoms with van der Waals surface area (Å²) in [7, 11) is 0. The smallest absolute Gasteiger partial charge is 0.363 e. The lowest BCUT2D eigenvalue weighted by Crippen LogP contribution is -2.15. The van der Waals surface area contributed by atoms with Gasteiger partial charge in [0, 0.05) is 0 Å². The predicted octanol–water partition coefficient (Wildman–Crippen LogP) is 3.73. The van der Waals surface area contributed by atoms with E-state index in [1.807, 2.05) is 6.92 Å². The molecule has 29 heavy (non-hydrogen) atoms. The van der Waals surface area contributed by atoms with E-state index in [1.54, 1.807) is 37.3 Å². The van der Waals surface area contributed by atoms with E-state index < -0.39 is 11.9 Å². The largest absolute Gasteiger partial charge is 0.490 e. The first-order chi connectivity index (χ1) is 14.0. The number of aliphatic imine (C=N–C) groups is 1. The molecule has 2 aromatic rings. The lowest BCUT2D eigenvalue weighted by molar-refractivity contribution is -0.145. The SMILES string of the molecule is CCOC(=O)COc1c(Br)cc(/C=C2\N=C(c3ccco3)OC2=O)cc1OCC. The van der Waals surface area contributed by atoms with Gasteiger partial charge in [-0.25, -0.2) is 14.6 Å². The van der Waals surface area contributed by atoms with Crippen molar-refractivity contribution >= 4 is 39.8 Å². The van der Waals surface area contributed by atoms with Crippen LogP contribution in [0.5, 0.6) is 11.5 Å². The fourth-order valence-electron chi connectivity index (χ4n) is 2.48. The van der Waals surface area contributed by atoms with Gasteiger partial charge in [0.2, 0.25) is 0 Å². The fraction of sp³-hybridized carbons (Fsp3) is 0.250. The molecule has 0 N–H and O–H groups in total. The number of rotatable bonds is 8. The number of carbonyl (C=O) groups is 2. The Bertz CT molecular complexity index is 963. The molecule has 1 aromatic carbocycles. The Hall–Kier alpha value is -3.07. The van der Waals surface area contributed by atoms with Crippen LogP contribution in [0, 0.1) is 0 Å². The van der Waals surface area contributed by atoms with Gasteiger partial charge in [-0.05, 0) is 65.7 Å². The minimum atomic E-state index is -0.590. The highest BCUT2D eigenvalue weighted by atomic mass is 79.9. The van der Waals surface area contributed by atoms with Gasteiger partial charge in [-0.2, -0.15) is 0 Å². The van der Waals surface area contributed by atoms with Gasteiger partial charge in [-0.1, -0.05) is 0 Å². The van der Waals surface area contributed by atoms with Gasteiger partial charge in [-0.15, -0.1) is 0 Å². The molecule has 0 radical (unpaired) electrons. The molecule has 3 rings (SSSR count). The average molecular weight is 464 g/mol. The van der Waals surface area contributed by atoms with E-state index in [4.69, 9.17) is 23.4 Å². The number of carbonyl (C=O) groups excluding carboxylic acids is 2. The monoisotopic (exact) mass is 463 g/mol. The van der Waals surface area contributed by atoms with Crippen LogP contribution in [0.15, 0.2) is 50.1 Å². The fourth-order valence-corrected chi connectivity index (χ4v) is 3.05. The lowest BCUT2D eigenvalue weighted by Gasteiger charge is -2.14. The van der Waals surface area contributed by atoms with Crippen LogP contribution >= 0.6 is 15.9 Å². The van der Waals surface area contributed by atoms with Crippen LogP contribution in [0.2, 0.25) is 0 Å². The molecule has 0 amide bonds. The number of hydrogen-bond donors (Lipinski definition) is 0. The second-order valence-corrected chi connectivity index (χ2v) is 6.52. The molecular weight excluding hydrogens is 446 g/mol. The molecule has 0 unspecified atom stereocenters. The van der Waals surface area contributed by atoms with Gasteiger partial charge in [0.25, 0.3) is 5.90 Å². The normalized spacial score (nSPS) is 14.5.